The number of carbonyl (C=O) groups excluding carboxylic acids is 1. The van der Waals surface area contributed by atoms with Crippen molar-refractivity contribution in [1.29, 1.82) is 0 Å². The first-order chi connectivity index (χ1) is 27.4. The van der Waals surface area contributed by atoms with Gasteiger partial charge in [-0.05, 0) is 97.5 Å². The highest BCUT2D eigenvalue weighted by molar-refractivity contribution is 6.18. The van der Waals surface area contributed by atoms with Crippen molar-refractivity contribution in [3.8, 4) is 17.2 Å². The lowest BCUT2D eigenvalue weighted by molar-refractivity contribution is -0.255. The predicted molar refractivity (Wildman–Crippen MR) is 220 cm³/mol. The first-order valence-corrected chi connectivity index (χ1v) is 20.8. The monoisotopic (exact) mass is 788 g/mol. The molecule has 0 saturated heterocycles. The minimum absolute atomic E-state index is 0.0665. The molecule has 1 amide bonds. The molecule has 0 radical (unpaired) electrons. The van der Waals surface area contributed by atoms with E-state index in [-0.39, 0.29) is 50.1 Å². The molecular formula is C45H57ClN2O8. The molecule has 6 rings (SSSR count). The highest BCUT2D eigenvalue weighted by Crippen LogP contribution is 2.62. The Morgan fingerprint density at radius 3 is 2.50 bits per heavy atom. The van der Waals surface area contributed by atoms with Crippen LogP contribution in [-0.2, 0) is 14.3 Å². The normalized spacial score (nSPS) is 24.4. The highest BCUT2D eigenvalue weighted by Gasteiger charge is 2.65. The third-order valence-electron chi connectivity index (χ3n) is 11.3. The number of unbranched alkanes of at least 4 members (excludes halogenated alkanes) is 2. The summed E-state index contributed by atoms with van der Waals surface area (Å²) < 4.78 is 26.5. The Labute approximate surface area is 336 Å². The van der Waals surface area contributed by atoms with Gasteiger partial charge in [-0.1, -0.05) is 67.4 Å². The van der Waals surface area contributed by atoms with Crippen molar-refractivity contribution in [2.75, 3.05) is 45.5 Å². The smallest absolute Gasteiger partial charge is 0.410 e. The van der Waals surface area contributed by atoms with Crippen molar-refractivity contribution in [2.24, 2.45) is 22.9 Å². The Morgan fingerprint density at radius 2 is 1.77 bits per heavy atom. The molecule has 3 aromatic rings. The molecule has 0 bridgehead atoms. The van der Waals surface area contributed by atoms with Crippen molar-refractivity contribution in [3.63, 3.8) is 0 Å². The Morgan fingerprint density at radius 1 is 1.02 bits per heavy atom. The fourth-order valence-electron chi connectivity index (χ4n) is 9.05. The summed E-state index contributed by atoms with van der Waals surface area (Å²) >= 11 is 6.00. The molecule has 302 valence electrons. The average molecular weight is 789 g/mol. The van der Waals surface area contributed by atoms with Crippen molar-refractivity contribution >= 4 is 34.2 Å². The molecule has 2 N–H and O–H groups in total. The van der Waals surface area contributed by atoms with Gasteiger partial charge in [0.05, 0.1) is 24.1 Å². The van der Waals surface area contributed by atoms with Crippen LogP contribution in [0, 0.1) is 17.8 Å². The number of alkyl halides is 1. The summed E-state index contributed by atoms with van der Waals surface area (Å²) in [6, 6.07) is 19.6. The van der Waals surface area contributed by atoms with Gasteiger partial charge in [-0.25, -0.2) is 4.79 Å². The van der Waals surface area contributed by atoms with Crippen LogP contribution in [0.1, 0.15) is 76.7 Å². The number of allylic oxidation sites excluding steroid dienone is 1. The van der Waals surface area contributed by atoms with E-state index in [2.05, 4.69) is 36.9 Å². The van der Waals surface area contributed by atoms with E-state index in [1.807, 2.05) is 50.2 Å². The Balaban J connectivity index is 1.56. The van der Waals surface area contributed by atoms with Gasteiger partial charge < -0.3 is 34.0 Å². The molecule has 1 saturated carbocycles. The number of fused-ring (bicyclic) bond motifs is 3. The number of ether oxygens (including phenoxy) is 4. The maximum atomic E-state index is 14.0. The molecule has 1 aliphatic heterocycles. The minimum atomic E-state index is -1.36. The maximum Gasteiger partial charge on any atom is 0.410 e. The fourth-order valence-corrected chi connectivity index (χ4v) is 9.12. The van der Waals surface area contributed by atoms with E-state index in [1.165, 1.54) is 0 Å². The number of benzene rings is 3. The molecule has 3 aromatic carbocycles. The van der Waals surface area contributed by atoms with Gasteiger partial charge in [-0.2, -0.15) is 0 Å². The second-order valence-electron chi connectivity index (χ2n) is 14.8. The molecule has 56 heavy (non-hydrogen) atoms. The summed E-state index contributed by atoms with van der Waals surface area (Å²) in [4.78, 5) is 21.5. The lowest BCUT2D eigenvalue weighted by atomic mass is 9.55. The second-order valence-corrected chi connectivity index (χ2v) is 15.2. The average Bonchev–Trinajstić information content (AvgIpc) is 3.21. The van der Waals surface area contributed by atoms with Gasteiger partial charge in [-0.3, -0.25) is 4.90 Å². The Bertz CT molecular complexity index is 1850. The van der Waals surface area contributed by atoms with E-state index in [0.29, 0.717) is 50.3 Å². The molecular weight excluding hydrogens is 732 g/mol. The number of rotatable bonds is 20. The zero-order valence-electron chi connectivity index (χ0n) is 32.7. The molecule has 10 nitrogen and oxygen atoms in total. The van der Waals surface area contributed by atoms with E-state index >= 15 is 0 Å². The summed E-state index contributed by atoms with van der Waals surface area (Å²) in [6.45, 7) is 9.17. The van der Waals surface area contributed by atoms with E-state index in [9.17, 15) is 15.0 Å². The van der Waals surface area contributed by atoms with Crippen LogP contribution in [-0.4, -0.2) is 84.2 Å². The lowest BCUT2D eigenvalue weighted by Crippen LogP contribution is -2.70. The van der Waals surface area contributed by atoms with Crippen molar-refractivity contribution in [1.82, 2.24) is 4.90 Å². The van der Waals surface area contributed by atoms with Gasteiger partial charge in [0.1, 0.15) is 36.5 Å². The van der Waals surface area contributed by atoms with Crippen LogP contribution in [0.5, 0.6) is 17.2 Å². The molecule has 0 unspecified atom stereocenters. The van der Waals surface area contributed by atoms with Crippen LogP contribution in [0.3, 0.4) is 0 Å². The molecule has 0 spiro atoms. The fraction of sp³-hybridized carbons (Fsp3) is 0.511. The third-order valence-corrected chi connectivity index (χ3v) is 11.4. The van der Waals surface area contributed by atoms with Crippen molar-refractivity contribution in [3.05, 3.63) is 90.5 Å². The van der Waals surface area contributed by atoms with E-state index < -0.39 is 23.8 Å². The Kier molecular flexibility index (Phi) is 14.7. The van der Waals surface area contributed by atoms with Crippen LogP contribution in [0.15, 0.2) is 90.1 Å². The first-order valence-electron chi connectivity index (χ1n) is 20.3. The molecule has 6 atom stereocenters. The number of amides is 1. The zero-order chi connectivity index (χ0) is 39.5. The molecule has 11 heteroatoms. The van der Waals surface area contributed by atoms with E-state index in [1.54, 1.807) is 11.0 Å². The molecule has 3 aliphatic rings. The number of halogens is 1. The van der Waals surface area contributed by atoms with Crippen molar-refractivity contribution < 1.29 is 38.8 Å². The van der Waals surface area contributed by atoms with Crippen molar-refractivity contribution in [2.45, 2.75) is 83.0 Å². The van der Waals surface area contributed by atoms with Gasteiger partial charge in [0, 0.05) is 37.7 Å². The lowest BCUT2D eigenvalue weighted by Gasteiger charge is -2.59. The number of aliphatic hydroxyl groups is 2. The topological polar surface area (TPSA) is 119 Å². The van der Waals surface area contributed by atoms with Crippen LogP contribution in [0.4, 0.5) is 4.79 Å². The van der Waals surface area contributed by atoms with Crippen LogP contribution >= 0.6 is 11.6 Å². The standard InChI is InChI=1S/C45H57ClN2O8/c1-4-22-48(44(51)52-26-21-46)41-30-39(47-54-6-3)37-28-33(15-9-11-23-49)36(16-10-12-24-50)42-38-29-35(55-34-18-17-31-13-7-8-14-32(31)27-34)19-20-40(38)56-45(41,43(37)42)53-25-5-2/h5,7-8,13-14,17-20,27-29,33,36,41-43,49-50H,2,4,6,9-12,15-16,21-26,30H2,1,3H3/t33-,36+,41-,42+,43+,45+/m0/s1. The predicted octanol–water partition coefficient (Wildman–Crippen LogP) is 9.37. The highest BCUT2D eigenvalue weighted by atomic mass is 35.5. The van der Waals surface area contributed by atoms with Crippen LogP contribution < -0.4 is 9.47 Å². The van der Waals surface area contributed by atoms with Gasteiger partial charge in [0.25, 0.3) is 0 Å². The SMILES string of the molecule is C=CCO[C@@]12Oc3ccc(Oc4ccc5ccccc5c4)cc3[C@H]3[C@H](CCCCO)[C@@H](CCCCO)C=C(C(=NOCC)C[C@@H]1N(CCC)C(=O)OCCCl)[C@H]32. The summed E-state index contributed by atoms with van der Waals surface area (Å²) in [7, 11) is 0. The number of nitrogens with zero attached hydrogens (tertiary/aromatic N) is 2. The molecule has 1 fully saturated rings. The van der Waals surface area contributed by atoms with Crippen LogP contribution in [0.2, 0.25) is 0 Å². The number of hydrogen-bond donors (Lipinski definition) is 2. The zero-order valence-corrected chi connectivity index (χ0v) is 33.5. The number of carbonyl (C=O) groups is 1. The first kappa shape index (κ1) is 41.5. The molecule has 1 heterocycles. The van der Waals surface area contributed by atoms with E-state index in [4.69, 9.17) is 40.5 Å². The van der Waals surface area contributed by atoms with E-state index in [0.717, 1.165) is 59.1 Å². The second kappa shape index (κ2) is 19.9. The number of oxime groups is 1. The number of hydrogen-bond acceptors (Lipinski definition) is 9. The number of aliphatic hydroxyl groups excluding tert-OH is 2. The van der Waals surface area contributed by atoms with Crippen LogP contribution in [0.25, 0.3) is 10.8 Å². The van der Waals surface area contributed by atoms with Gasteiger partial charge in [0.15, 0.2) is 0 Å². The van der Waals surface area contributed by atoms with Gasteiger partial charge >= 0.3 is 6.09 Å². The quantitative estimate of drug-likeness (QED) is 0.0503. The maximum absolute atomic E-state index is 14.0. The summed E-state index contributed by atoms with van der Waals surface area (Å²) in [6.07, 6.45) is 9.27. The summed E-state index contributed by atoms with van der Waals surface area (Å²) in [5, 5.41) is 26.7. The Hall–Kier alpha value is -4.09. The third kappa shape index (κ3) is 8.89. The largest absolute Gasteiger partial charge is 0.459 e. The molecule has 0 aromatic heterocycles. The summed E-state index contributed by atoms with van der Waals surface area (Å²) in [5.74, 6) is 0.498. The van der Waals surface area contributed by atoms with Gasteiger partial charge in [0.2, 0.25) is 5.79 Å². The minimum Gasteiger partial charge on any atom is -0.459 e. The summed E-state index contributed by atoms with van der Waals surface area (Å²) in [5.41, 5.74) is 2.71. The van der Waals surface area contributed by atoms with Gasteiger partial charge in [-0.15, -0.1) is 18.2 Å². The molecule has 2 aliphatic carbocycles.